The molecule has 19 heavy (non-hydrogen) atoms. The van der Waals surface area contributed by atoms with Gasteiger partial charge in [-0.2, -0.15) is 0 Å². The van der Waals surface area contributed by atoms with Crippen molar-refractivity contribution >= 4 is 27.9 Å². The van der Waals surface area contributed by atoms with Crippen LogP contribution in [-0.2, 0) is 4.79 Å². The van der Waals surface area contributed by atoms with Crippen LogP contribution in [0.3, 0.4) is 0 Å². The highest BCUT2D eigenvalue weighted by Gasteiger charge is 2.42. The Morgan fingerprint density at radius 2 is 2.32 bits per heavy atom. The molecule has 1 fully saturated rings. The van der Waals surface area contributed by atoms with Crippen LogP contribution in [0.15, 0.2) is 28.7 Å². The van der Waals surface area contributed by atoms with E-state index in [9.17, 15) is 4.79 Å². The average Bonchev–Trinajstić information content (AvgIpc) is 3.17. The van der Waals surface area contributed by atoms with Crippen molar-refractivity contribution < 1.29 is 14.6 Å². The highest BCUT2D eigenvalue weighted by molar-refractivity contribution is 9.10. The molecule has 2 rings (SSSR count). The maximum Gasteiger partial charge on any atom is 0.244 e. The molecule has 1 aliphatic carbocycles. The number of nitrogens with one attached hydrogen (secondary N) is 1. The second-order valence-electron chi connectivity index (χ2n) is 4.65. The Bertz CT molecular complexity index is 509. The molecule has 0 spiro atoms. The van der Waals surface area contributed by atoms with Gasteiger partial charge < -0.3 is 15.2 Å². The molecular weight excluding hydrogens is 310 g/mol. The summed E-state index contributed by atoms with van der Waals surface area (Å²) in [6.07, 6.45) is 4.83. The molecule has 0 saturated heterocycles. The molecule has 1 aromatic rings. The fourth-order valence-electron chi connectivity index (χ4n) is 1.78. The Kier molecular flexibility index (Phi) is 4.27. The summed E-state index contributed by atoms with van der Waals surface area (Å²) in [4.78, 5) is 11.8. The molecule has 0 heterocycles. The number of aliphatic hydroxyl groups excluding tert-OH is 1. The predicted octanol–water partition coefficient (Wildman–Crippen LogP) is 2.11. The summed E-state index contributed by atoms with van der Waals surface area (Å²) in [5, 5.41) is 12.0. The van der Waals surface area contributed by atoms with Crippen molar-refractivity contribution in [2.45, 2.75) is 18.4 Å². The maximum atomic E-state index is 11.8. The zero-order valence-corrected chi connectivity index (χ0v) is 12.2. The minimum atomic E-state index is -0.386. The molecule has 5 heteroatoms. The van der Waals surface area contributed by atoms with Crippen molar-refractivity contribution in [2.75, 3.05) is 13.7 Å². The Labute approximate surface area is 120 Å². The quantitative estimate of drug-likeness (QED) is 0.815. The number of halogens is 1. The summed E-state index contributed by atoms with van der Waals surface area (Å²) in [5.41, 5.74) is 0.434. The Balaban J connectivity index is 2.05. The minimum Gasteiger partial charge on any atom is -0.496 e. The van der Waals surface area contributed by atoms with Crippen molar-refractivity contribution in [3.63, 3.8) is 0 Å². The molecule has 1 amide bonds. The highest BCUT2D eigenvalue weighted by atomic mass is 79.9. The first-order chi connectivity index (χ1) is 9.08. The van der Waals surface area contributed by atoms with E-state index < -0.39 is 0 Å². The number of benzene rings is 1. The van der Waals surface area contributed by atoms with Crippen LogP contribution in [0, 0.1) is 0 Å². The van der Waals surface area contributed by atoms with E-state index in [0.717, 1.165) is 22.9 Å². The Morgan fingerprint density at radius 1 is 1.58 bits per heavy atom. The normalized spacial score (nSPS) is 16.4. The lowest BCUT2D eigenvalue weighted by atomic mass is 10.2. The molecular formula is C14H16BrNO3. The molecule has 0 atom stereocenters. The van der Waals surface area contributed by atoms with Crippen LogP contribution >= 0.6 is 15.9 Å². The second kappa shape index (κ2) is 5.75. The third-order valence-electron chi connectivity index (χ3n) is 3.15. The number of aliphatic hydroxyl groups is 1. The van der Waals surface area contributed by atoms with Crippen LogP contribution in [0.1, 0.15) is 18.4 Å². The SMILES string of the molecule is COc1ccc(Br)cc1/C=C/C(=O)NC1(CO)CC1. The minimum absolute atomic E-state index is 0.00716. The molecule has 102 valence electrons. The predicted molar refractivity (Wildman–Crippen MR) is 76.9 cm³/mol. The van der Waals surface area contributed by atoms with E-state index in [1.165, 1.54) is 6.08 Å². The molecule has 0 radical (unpaired) electrons. The number of hydrogen-bond donors (Lipinski definition) is 2. The van der Waals surface area contributed by atoms with Gasteiger partial charge in [-0.25, -0.2) is 0 Å². The number of ether oxygens (including phenoxy) is 1. The lowest BCUT2D eigenvalue weighted by Crippen LogP contribution is -2.38. The maximum absolute atomic E-state index is 11.8. The van der Waals surface area contributed by atoms with Gasteiger partial charge in [0.2, 0.25) is 5.91 Å². The van der Waals surface area contributed by atoms with Crippen molar-refractivity contribution in [3.05, 3.63) is 34.3 Å². The molecule has 1 saturated carbocycles. The zero-order valence-electron chi connectivity index (χ0n) is 10.6. The topological polar surface area (TPSA) is 58.6 Å². The molecule has 0 aromatic heterocycles. The van der Waals surface area contributed by atoms with Gasteiger partial charge in [0.15, 0.2) is 0 Å². The van der Waals surface area contributed by atoms with Gasteiger partial charge in [-0.3, -0.25) is 4.79 Å². The van der Waals surface area contributed by atoms with E-state index in [1.54, 1.807) is 13.2 Å². The van der Waals surface area contributed by atoms with Crippen LogP contribution in [-0.4, -0.2) is 30.3 Å². The summed E-state index contributed by atoms with van der Waals surface area (Å²) in [6, 6.07) is 5.58. The summed E-state index contributed by atoms with van der Waals surface area (Å²) >= 11 is 3.38. The van der Waals surface area contributed by atoms with Gasteiger partial charge in [0.1, 0.15) is 5.75 Å². The third kappa shape index (κ3) is 3.58. The molecule has 0 aliphatic heterocycles. The first-order valence-electron chi connectivity index (χ1n) is 6.03. The summed E-state index contributed by atoms with van der Waals surface area (Å²) in [5.74, 6) is 0.504. The fourth-order valence-corrected chi connectivity index (χ4v) is 2.16. The lowest BCUT2D eigenvalue weighted by molar-refractivity contribution is -0.117. The summed E-state index contributed by atoms with van der Waals surface area (Å²) < 4.78 is 6.14. The molecule has 0 bridgehead atoms. The second-order valence-corrected chi connectivity index (χ2v) is 5.56. The summed E-state index contributed by atoms with van der Waals surface area (Å²) in [6.45, 7) is -0.00716. The zero-order chi connectivity index (χ0) is 13.9. The number of hydrogen-bond acceptors (Lipinski definition) is 3. The van der Waals surface area contributed by atoms with Gasteiger partial charge in [0.05, 0.1) is 19.3 Å². The van der Waals surface area contributed by atoms with Crippen LogP contribution in [0.5, 0.6) is 5.75 Å². The van der Waals surface area contributed by atoms with E-state index in [1.807, 2.05) is 18.2 Å². The van der Waals surface area contributed by atoms with Crippen LogP contribution in [0.25, 0.3) is 6.08 Å². The average molecular weight is 326 g/mol. The Hall–Kier alpha value is -1.33. The number of carbonyl (C=O) groups excluding carboxylic acids is 1. The van der Waals surface area contributed by atoms with Crippen LogP contribution in [0.2, 0.25) is 0 Å². The van der Waals surface area contributed by atoms with Gasteiger partial charge in [-0.05, 0) is 37.1 Å². The molecule has 4 nitrogen and oxygen atoms in total. The van der Waals surface area contributed by atoms with Crippen molar-refractivity contribution in [1.29, 1.82) is 0 Å². The van der Waals surface area contributed by atoms with Crippen molar-refractivity contribution in [2.24, 2.45) is 0 Å². The first-order valence-corrected chi connectivity index (χ1v) is 6.82. The van der Waals surface area contributed by atoms with E-state index in [-0.39, 0.29) is 18.1 Å². The smallest absolute Gasteiger partial charge is 0.244 e. The molecule has 2 N–H and O–H groups in total. The first kappa shape index (κ1) is 14.1. The summed E-state index contributed by atoms with van der Waals surface area (Å²) in [7, 11) is 1.59. The number of rotatable bonds is 5. The number of amides is 1. The van der Waals surface area contributed by atoms with Gasteiger partial charge in [0, 0.05) is 16.1 Å². The standard InChI is InChI=1S/C14H16BrNO3/c1-19-12-4-3-11(15)8-10(12)2-5-13(18)16-14(9-17)6-7-14/h2-5,8,17H,6-7,9H2,1H3,(H,16,18)/b5-2+. The lowest BCUT2D eigenvalue weighted by Gasteiger charge is -2.12. The molecule has 0 unspecified atom stereocenters. The van der Waals surface area contributed by atoms with Crippen molar-refractivity contribution in [1.82, 2.24) is 5.32 Å². The van der Waals surface area contributed by atoms with E-state index >= 15 is 0 Å². The molecule has 1 aliphatic rings. The third-order valence-corrected chi connectivity index (χ3v) is 3.64. The van der Waals surface area contributed by atoms with Gasteiger partial charge in [0.25, 0.3) is 0 Å². The number of carbonyl (C=O) groups is 1. The number of methoxy groups -OCH3 is 1. The molecule has 1 aromatic carbocycles. The van der Waals surface area contributed by atoms with Gasteiger partial charge >= 0.3 is 0 Å². The fraction of sp³-hybridized carbons (Fsp3) is 0.357. The van der Waals surface area contributed by atoms with Crippen LogP contribution in [0.4, 0.5) is 0 Å². The van der Waals surface area contributed by atoms with Crippen molar-refractivity contribution in [3.8, 4) is 5.75 Å². The Morgan fingerprint density at radius 3 is 2.89 bits per heavy atom. The monoisotopic (exact) mass is 325 g/mol. The van der Waals surface area contributed by atoms with E-state index in [4.69, 9.17) is 9.84 Å². The van der Waals surface area contributed by atoms with E-state index in [2.05, 4.69) is 21.2 Å². The van der Waals surface area contributed by atoms with Crippen LogP contribution < -0.4 is 10.1 Å². The highest BCUT2D eigenvalue weighted by Crippen LogP contribution is 2.34. The van der Waals surface area contributed by atoms with E-state index in [0.29, 0.717) is 5.75 Å². The van der Waals surface area contributed by atoms with Gasteiger partial charge in [-0.15, -0.1) is 0 Å². The van der Waals surface area contributed by atoms with Gasteiger partial charge in [-0.1, -0.05) is 15.9 Å². The largest absolute Gasteiger partial charge is 0.496 e.